The highest BCUT2D eigenvalue weighted by atomic mass is 16.6. The third kappa shape index (κ3) is 25.7. The van der Waals surface area contributed by atoms with Crippen LogP contribution in [0.25, 0.3) is 0 Å². The van der Waals surface area contributed by atoms with Crippen molar-refractivity contribution in [2.75, 3.05) is 6.61 Å². The van der Waals surface area contributed by atoms with Gasteiger partial charge in [0.05, 0.1) is 0 Å². The lowest BCUT2D eigenvalue weighted by molar-refractivity contribution is -0.159. The predicted octanol–water partition coefficient (Wildman–Crippen LogP) is 13.0. The van der Waals surface area contributed by atoms with Crippen LogP contribution in [0.3, 0.4) is 0 Å². The Balaban J connectivity index is 2.10. The van der Waals surface area contributed by atoms with Gasteiger partial charge in [-0.1, -0.05) is 194 Å². The van der Waals surface area contributed by atoms with Gasteiger partial charge in [-0.05, 0) is 19.8 Å². The molecule has 0 spiro atoms. The van der Waals surface area contributed by atoms with Gasteiger partial charge in [0.25, 0.3) is 0 Å². The van der Waals surface area contributed by atoms with E-state index in [4.69, 9.17) is 14.2 Å². The number of carbonyl (C=O) groups is 3. The van der Waals surface area contributed by atoms with Crippen molar-refractivity contribution in [3.8, 4) is 0 Å². The highest BCUT2D eigenvalue weighted by Gasteiger charge is 2.37. The zero-order chi connectivity index (χ0) is 35.6. The molecule has 0 bridgehead atoms. The first-order chi connectivity index (χ1) is 24.0. The Morgan fingerprint density at radius 2 is 0.878 bits per heavy atom. The summed E-state index contributed by atoms with van der Waals surface area (Å²) >= 11 is 0. The molecule has 0 radical (unpaired) electrons. The largest absolute Gasteiger partial charge is 0.491 e. The van der Waals surface area contributed by atoms with Crippen LogP contribution in [-0.2, 0) is 28.6 Å². The smallest absolute Gasteiger partial charge is 0.311 e. The Labute approximate surface area is 302 Å². The van der Waals surface area contributed by atoms with E-state index in [1.54, 1.807) is 6.92 Å². The number of hydrogen-bond acceptors (Lipinski definition) is 6. The zero-order valence-corrected chi connectivity index (χ0v) is 32.5. The summed E-state index contributed by atoms with van der Waals surface area (Å²) in [5, 5.41) is 0. The fourth-order valence-electron chi connectivity index (χ4n) is 6.86. The van der Waals surface area contributed by atoms with Crippen LogP contribution in [-0.4, -0.2) is 30.9 Å². The van der Waals surface area contributed by atoms with E-state index in [-0.39, 0.29) is 24.3 Å². The van der Waals surface area contributed by atoms with Gasteiger partial charge in [0.15, 0.2) is 11.9 Å². The Morgan fingerprint density at radius 3 is 1.22 bits per heavy atom. The maximum atomic E-state index is 12.6. The zero-order valence-electron chi connectivity index (χ0n) is 32.5. The molecule has 1 aliphatic rings. The van der Waals surface area contributed by atoms with Gasteiger partial charge in [-0.3, -0.25) is 9.59 Å². The Morgan fingerprint density at radius 1 is 0.551 bits per heavy atom. The molecular formula is C43H78O6. The molecule has 286 valence electrons. The van der Waals surface area contributed by atoms with Crippen molar-refractivity contribution >= 4 is 18.2 Å². The maximum Gasteiger partial charge on any atom is 0.311 e. The van der Waals surface area contributed by atoms with E-state index in [1.165, 1.54) is 154 Å². The minimum Gasteiger partial charge on any atom is -0.491 e. The van der Waals surface area contributed by atoms with Gasteiger partial charge in [0, 0.05) is 12.8 Å². The van der Waals surface area contributed by atoms with Gasteiger partial charge < -0.3 is 19.0 Å². The second-order valence-corrected chi connectivity index (χ2v) is 14.8. The van der Waals surface area contributed by atoms with E-state index < -0.39 is 12.0 Å². The molecule has 0 amide bonds. The van der Waals surface area contributed by atoms with Crippen LogP contribution in [0.4, 0.5) is 0 Å². The number of rotatable bonds is 35. The number of carbonyl (C=O) groups excluding carboxylic acids is 3. The van der Waals surface area contributed by atoms with Crippen LogP contribution >= 0.6 is 0 Å². The lowest BCUT2D eigenvalue weighted by Crippen LogP contribution is -2.38. The summed E-state index contributed by atoms with van der Waals surface area (Å²) < 4.78 is 16.9. The van der Waals surface area contributed by atoms with E-state index >= 15 is 0 Å². The van der Waals surface area contributed by atoms with Crippen LogP contribution < -0.4 is 0 Å². The normalized spacial score (nSPS) is 16.1. The molecule has 2 atom stereocenters. The number of hydrogen-bond donors (Lipinski definition) is 0. The van der Waals surface area contributed by atoms with Crippen molar-refractivity contribution in [2.45, 2.75) is 232 Å². The lowest BCUT2D eigenvalue weighted by Gasteiger charge is -2.30. The monoisotopic (exact) mass is 691 g/mol. The molecule has 6 nitrogen and oxygen atoms in total. The molecule has 1 rings (SSSR count). The molecule has 0 saturated heterocycles. The molecule has 1 aliphatic heterocycles. The van der Waals surface area contributed by atoms with E-state index in [9.17, 15) is 14.4 Å². The molecule has 6 heteroatoms. The number of aldehydes is 1. The standard InChI is InChI=1S/C43H78O6/c1-4-6-8-10-12-14-16-18-20-22-24-26-28-30-32-34-41(45)48-40-37-47-38(3)43(39(40)36-44)49-42(46)35-33-31-29-27-25-23-21-19-17-15-13-11-9-7-5-2/h36,39-40H,4-35,37H2,1-3H3. The summed E-state index contributed by atoms with van der Waals surface area (Å²) in [6.45, 7) is 6.33. The first kappa shape index (κ1) is 45.2. The maximum absolute atomic E-state index is 12.6. The van der Waals surface area contributed by atoms with E-state index in [2.05, 4.69) is 13.8 Å². The highest BCUT2D eigenvalue weighted by Crippen LogP contribution is 2.29. The lowest BCUT2D eigenvalue weighted by atomic mass is 9.99. The average molecular weight is 691 g/mol. The fraction of sp³-hybridized carbons (Fsp3) is 0.884. The number of unbranched alkanes of at least 4 members (excludes halogenated alkanes) is 28. The van der Waals surface area contributed by atoms with E-state index in [0.717, 1.165) is 38.5 Å². The van der Waals surface area contributed by atoms with Gasteiger partial charge in [-0.25, -0.2) is 0 Å². The van der Waals surface area contributed by atoms with Gasteiger partial charge in [-0.15, -0.1) is 0 Å². The quantitative estimate of drug-likeness (QED) is 0.0374. The van der Waals surface area contributed by atoms with Crippen molar-refractivity contribution in [2.24, 2.45) is 5.92 Å². The number of ether oxygens (including phenoxy) is 3. The van der Waals surface area contributed by atoms with Gasteiger partial charge in [0.1, 0.15) is 24.6 Å². The van der Waals surface area contributed by atoms with Crippen LogP contribution in [0.1, 0.15) is 226 Å². The predicted molar refractivity (Wildman–Crippen MR) is 203 cm³/mol. The molecule has 0 saturated carbocycles. The molecule has 0 fully saturated rings. The molecule has 2 unspecified atom stereocenters. The summed E-state index contributed by atoms with van der Waals surface area (Å²) in [4.78, 5) is 37.2. The highest BCUT2D eigenvalue weighted by molar-refractivity contribution is 5.73. The van der Waals surface area contributed by atoms with Crippen LogP contribution in [0, 0.1) is 5.92 Å². The summed E-state index contributed by atoms with van der Waals surface area (Å²) in [7, 11) is 0. The van der Waals surface area contributed by atoms with Gasteiger partial charge in [-0.2, -0.15) is 0 Å². The van der Waals surface area contributed by atoms with Crippen molar-refractivity contribution in [3.63, 3.8) is 0 Å². The molecule has 0 aromatic rings. The summed E-state index contributed by atoms with van der Waals surface area (Å²) in [6, 6.07) is 0. The number of esters is 2. The molecule has 0 aromatic carbocycles. The fourth-order valence-corrected chi connectivity index (χ4v) is 6.86. The Hall–Kier alpha value is -1.85. The van der Waals surface area contributed by atoms with Crippen molar-refractivity contribution in [1.82, 2.24) is 0 Å². The Kier molecular flexibility index (Phi) is 30.7. The topological polar surface area (TPSA) is 78.9 Å². The minimum absolute atomic E-state index is 0.0972. The minimum atomic E-state index is -0.816. The van der Waals surface area contributed by atoms with Gasteiger partial charge >= 0.3 is 11.9 Å². The third-order valence-corrected chi connectivity index (χ3v) is 10.1. The number of allylic oxidation sites excluding steroid dienone is 1. The summed E-state index contributed by atoms with van der Waals surface area (Å²) in [5.74, 6) is -0.889. The molecule has 0 aromatic heterocycles. The molecular weight excluding hydrogens is 612 g/mol. The average Bonchev–Trinajstić information content (AvgIpc) is 3.09. The van der Waals surface area contributed by atoms with Crippen molar-refractivity contribution in [1.29, 1.82) is 0 Å². The van der Waals surface area contributed by atoms with E-state index in [0.29, 0.717) is 24.9 Å². The van der Waals surface area contributed by atoms with Crippen molar-refractivity contribution in [3.05, 3.63) is 11.5 Å². The first-order valence-corrected chi connectivity index (χ1v) is 21.2. The Bertz CT molecular complexity index is 836. The SMILES string of the molecule is CCCCCCCCCCCCCCCCCC(=O)OC1=C(C)OCC(OC(=O)CCCCCCCCCCCCCCCCC)C1C=O. The van der Waals surface area contributed by atoms with Crippen molar-refractivity contribution < 1.29 is 28.6 Å². The second kappa shape index (κ2) is 33.3. The first-order valence-electron chi connectivity index (χ1n) is 21.2. The van der Waals surface area contributed by atoms with E-state index in [1.807, 2.05) is 0 Å². The molecule has 0 aliphatic carbocycles. The van der Waals surface area contributed by atoms with Crippen LogP contribution in [0.5, 0.6) is 0 Å². The van der Waals surface area contributed by atoms with Crippen LogP contribution in [0.15, 0.2) is 11.5 Å². The van der Waals surface area contributed by atoms with Gasteiger partial charge in [0.2, 0.25) is 0 Å². The second-order valence-electron chi connectivity index (χ2n) is 14.8. The molecule has 1 heterocycles. The molecule has 49 heavy (non-hydrogen) atoms. The summed E-state index contributed by atoms with van der Waals surface area (Å²) in [5.41, 5.74) is 0. The molecule has 0 N–H and O–H groups in total. The summed E-state index contributed by atoms with van der Waals surface area (Å²) in [6.07, 6.45) is 38.8. The third-order valence-electron chi connectivity index (χ3n) is 10.1. The van der Waals surface area contributed by atoms with Crippen LogP contribution in [0.2, 0.25) is 0 Å².